The van der Waals surface area contributed by atoms with Crippen LogP contribution >= 0.6 is 0 Å². The van der Waals surface area contributed by atoms with Gasteiger partial charge in [-0.3, -0.25) is 13.9 Å². The number of piperidine rings is 1. The Morgan fingerprint density at radius 3 is 2.79 bits per heavy atom. The van der Waals surface area contributed by atoms with E-state index in [0.717, 1.165) is 36.7 Å². The summed E-state index contributed by atoms with van der Waals surface area (Å²) in [4.78, 5) is 15.2. The average molecular weight is 375 g/mol. The van der Waals surface area contributed by atoms with Gasteiger partial charge in [0.15, 0.2) is 5.65 Å². The Kier molecular flexibility index (Phi) is 3.96. The summed E-state index contributed by atoms with van der Waals surface area (Å²) in [6, 6.07) is 9.75. The van der Waals surface area contributed by atoms with E-state index in [-0.39, 0.29) is 11.8 Å². The Bertz CT molecular complexity index is 1120. The molecule has 0 N–H and O–H groups in total. The zero-order valence-corrected chi connectivity index (χ0v) is 15.6. The second-order valence-corrected chi connectivity index (χ2v) is 7.17. The van der Waals surface area contributed by atoms with Crippen LogP contribution in [0.2, 0.25) is 0 Å². The van der Waals surface area contributed by atoms with Gasteiger partial charge in [-0.25, -0.2) is 0 Å². The van der Waals surface area contributed by atoms with Crippen LogP contribution in [0.3, 0.4) is 0 Å². The first-order chi connectivity index (χ1) is 13.7. The molecule has 4 aromatic rings. The molecule has 5 rings (SSSR count). The Hall–Kier alpha value is -3.42. The van der Waals surface area contributed by atoms with Crippen molar-refractivity contribution in [3.05, 3.63) is 66.5 Å². The van der Waals surface area contributed by atoms with Gasteiger partial charge >= 0.3 is 0 Å². The lowest BCUT2D eigenvalue weighted by Gasteiger charge is -2.32. The number of hydrogen-bond donors (Lipinski definition) is 0. The molecule has 142 valence electrons. The molecule has 28 heavy (non-hydrogen) atoms. The van der Waals surface area contributed by atoms with Gasteiger partial charge in [-0.05, 0) is 37.1 Å². The van der Waals surface area contributed by atoms with E-state index in [1.807, 2.05) is 69.8 Å². The third kappa shape index (κ3) is 2.69. The van der Waals surface area contributed by atoms with Crippen molar-refractivity contribution in [3.63, 3.8) is 0 Å². The van der Waals surface area contributed by atoms with Crippen molar-refractivity contribution in [1.29, 1.82) is 0 Å². The molecule has 1 aliphatic heterocycles. The van der Waals surface area contributed by atoms with E-state index >= 15 is 0 Å². The maximum absolute atomic E-state index is 13.3. The van der Waals surface area contributed by atoms with E-state index < -0.39 is 0 Å². The first-order valence-electron chi connectivity index (χ1n) is 9.46. The topological polar surface area (TPSA) is 73.2 Å². The number of carbonyl (C=O) groups is 1. The number of hydrogen-bond acceptors (Lipinski definition) is 4. The number of amides is 1. The van der Waals surface area contributed by atoms with Crippen LogP contribution in [0, 0.1) is 0 Å². The molecule has 8 nitrogen and oxygen atoms in total. The average Bonchev–Trinajstić information content (AvgIpc) is 3.46. The van der Waals surface area contributed by atoms with E-state index in [4.69, 9.17) is 0 Å². The first-order valence-corrected chi connectivity index (χ1v) is 9.46. The molecule has 1 aliphatic rings. The standard InChI is InChI=1S/C20H21N7O/c1-24-19(25-9-4-5-10-25)16(13-21-24)20(28)26-11-6-7-15(14-26)18-23-22-17-8-2-3-12-27(17)18/h2-5,8-10,12-13,15H,6-7,11,14H2,1H3. The zero-order chi connectivity index (χ0) is 19.1. The van der Waals surface area contributed by atoms with Gasteiger partial charge in [0.25, 0.3) is 5.91 Å². The SMILES string of the molecule is Cn1ncc(C(=O)N2CCCC(c3nnc4ccccn34)C2)c1-n1cccc1. The minimum absolute atomic E-state index is 0.00956. The van der Waals surface area contributed by atoms with Crippen LogP contribution in [0.15, 0.2) is 55.1 Å². The summed E-state index contributed by atoms with van der Waals surface area (Å²) in [5.74, 6) is 1.88. The normalized spacial score (nSPS) is 17.3. The van der Waals surface area contributed by atoms with E-state index in [2.05, 4.69) is 15.3 Å². The fraction of sp³-hybridized carbons (Fsp3) is 0.300. The number of aryl methyl sites for hydroxylation is 1. The summed E-state index contributed by atoms with van der Waals surface area (Å²) in [6.45, 7) is 1.38. The summed E-state index contributed by atoms with van der Waals surface area (Å²) in [6.07, 6.45) is 9.43. The second kappa shape index (κ2) is 6.63. The van der Waals surface area contributed by atoms with Crippen molar-refractivity contribution in [3.8, 4) is 5.82 Å². The van der Waals surface area contributed by atoms with Crippen LogP contribution in [0.25, 0.3) is 11.5 Å². The van der Waals surface area contributed by atoms with Crippen LogP contribution < -0.4 is 0 Å². The van der Waals surface area contributed by atoms with Crippen molar-refractivity contribution >= 4 is 11.6 Å². The van der Waals surface area contributed by atoms with Crippen molar-refractivity contribution in [1.82, 2.24) is 33.8 Å². The number of likely N-dealkylation sites (tertiary alicyclic amines) is 1. The molecular weight excluding hydrogens is 354 g/mol. The van der Waals surface area contributed by atoms with E-state index in [1.54, 1.807) is 10.9 Å². The van der Waals surface area contributed by atoms with E-state index in [1.165, 1.54) is 0 Å². The van der Waals surface area contributed by atoms with Crippen LogP contribution in [0.5, 0.6) is 0 Å². The van der Waals surface area contributed by atoms with Crippen LogP contribution in [-0.4, -0.2) is 52.8 Å². The first kappa shape index (κ1) is 16.7. The molecule has 5 heterocycles. The van der Waals surface area contributed by atoms with Crippen LogP contribution in [0.4, 0.5) is 0 Å². The molecule has 4 aromatic heterocycles. The Labute approximate surface area is 162 Å². The number of rotatable bonds is 3. The van der Waals surface area contributed by atoms with Crippen LogP contribution in [-0.2, 0) is 7.05 Å². The molecule has 1 saturated heterocycles. The maximum atomic E-state index is 13.3. The van der Waals surface area contributed by atoms with Crippen molar-refractivity contribution in [2.45, 2.75) is 18.8 Å². The highest BCUT2D eigenvalue weighted by molar-refractivity contribution is 5.97. The van der Waals surface area contributed by atoms with Gasteiger partial charge in [0, 0.05) is 44.6 Å². The molecule has 1 atom stereocenters. The van der Waals surface area contributed by atoms with Gasteiger partial charge in [-0.2, -0.15) is 5.10 Å². The number of carbonyl (C=O) groups excluding carboxylic acids is 1. The lowest BCUT2D eigenvalue weighted by molar-refractivity contribution is 0.0704. The molecular formula is C20H21N7O. The fourth-order valence-electron chi connectivity index (χ4n) is 4.04. The number of aromatic nitrogens is 6. The van der Waals surface area contributed by atoms with Gasteiger partial charge in [-0.1, -0.05) is 6.07 Å². The predicted octanol–water partition coefficient (Wildman–Crippen LogP) is 2.27. The van der Waals surface area contributed by atoms with Gasteiger partial charge in [-0.15, -0.1) is 10.2 Å². The minimum atomic E-state index is 0.00956. The fourth-order valence-corrected chi connectivity index (χ4v) is 4.04. The van der Waals surface area contributed by atoms with Crippen molar-refractivity contribution in [2.75, 3.05) is 13.1 Å². The molecule has 1 fully saturated rings. The Morgan fingerprint density at radius 2 is 1.93 bits per heavy atom. The highest BCUT2D eigenvalue weighted by Crippen LogP contribution is 2.28. The molecule has 1 amide bonds. The largest absolute Gasteiger partial charge is 0.338 e. The van der Waals surface area contributed by atoms with Crippen molar-refractivity contribution < 1.29 is 4.79 Å². The molecule has 0 aromatic carbocycles. The lowest BCUT2D eigenvalue weighted by Crippen LogP contribution is -2.39. The van der Waals surface area contributed by atoms with Crippen molar-refractivity contribution in [2.24, 2.45) is 7.05 Å². The lowest BCUT2D eigenvalue weighted by atomic mass is 9.96. The minimum Gasteiger partial charge on any atom is -0.338 e. The Balaban J connectivity index is 1.44. The summed E-state index contributed by atoms with van der Waals surface area (Å²) in [5, 5.41) is 13.0. The monoisotopic (exact) mass is 375 g/mol. The van der Waals surface area contributed by atoms with Gasteiger partial charge < -0.3 is 9.47 Å². The molecule has 0 aliphatic carbocycles. The van der Waals surface area contributed by atoms with E-state index in [9.17, 15) is 4.79 Å². The quantitative estimate of drug-likeness (QED) is 0.551. The number of fused-ring (bicyclic) bond motifs is 1. The predicted molar refractivity (Wildman–Crippen MR) is 103 cm³/mol. The highest BCUT2D eigenvalue weighted by Gasteiger charge is 2.30. The molecule has 0 saturated carbocycles. The van der Waals surface area contributed by atoms with Gasteiger partial charge in [0.1, 0.15) is 17.2 Å². The Morgan fingerprint density at radius 1 is 1.11 bits per heavy atom. The second-order valence-electron chi connectivity index (χ2n) is 7.17. The molecule has 0 spiro atoms. The van der Waals surface area contributed by atoms with Gasteiger partial charge in [0.2, 0.25) is 0 Å². The summed E-state index contributed by atoms with van der Waals surface area (Å²) >= 11 is 0. The summed E-state index contributed by atoms with van der Waals surface area (Å²) in [5.41, 5.74) is 1.45. The number of nitrogens with zero attached hydrogens (tertiary/aromatic N) is 7. The molecule has 0 radical (unpaired) electrons. The summed E-state index contributed by atoms with van der Waals surface area (Å²) in [7, 11) is 1.85. The maximum Gasteiger partial charge on any atom is 0.259 e. The molecule has 1 unspecified atom stereocenters. The smallest absolute Gasteiger partial charge is 0.259 e. The number of pyridine rings is 1. The molecule has 0 bridgehead atoms. The zero-order valence-electron chi connectivity index (χ0n) is 15.6. The highest BCUT2D eigenvalue weighted by atomic mass is 16.2. The summed E-state index contributed by atoms with van der Waals surface area (Å²) < 4.78 is 5.68. The third-order valence-corrected chi connectivity index (χ3v) is 5.40. The van der Waals surface area contributed by atoms with Gasteiger partial charge in [0.05, 0.1) is 6.20 Å². The third-order valence-electron chi connectivity index (χ3n) is 5.40. The molecule has 8 heteroatoms. The van der Waals surface area contributed by atoms with E-state index in [0.29, 0.717) is 12.1 Å². The van der Waals surface area contributed by atoms with Crippen LogP contribution in [0.1, 0.15) is 34.9 Å².